The first-order valence-electron chi connectivity index (χ1n) is 21.2. The highest BCUT2D eigenvalue weighted by Crippen LogP contribution is 2.71. The predicted molar refractivity (Wildman–Crippen MR) is 237 cm³/mol. The zero-order valence-electron chi connectivity index (χ0n) is 36.3. The highest BCUT2D eigenvalue weighted by molar-refractivity contribution is 7.59. The summed E-state index contributed by atoms with van der Waals surface area (Å²) in [5.41, 5.74) is 0.203. The number of amides is 3. The molecule has 6 atom stereocenters. The maximum Gasteiger partial charge on any atom is 0.408 e. The molecule has 1 aliphatic heterocycles. The Morgan fingerprint density at radius 1 is 1.08 bits per heavy atom. The number of hydrogen-bond acceptors (Lipinski definition) is 11. The Kier molecular flexibility index (Phi) is 13.2. The molecule has 3 heterocycles. The molecule has 0 spiro atoms. The van der Waals surface area contributed by atoms with Gasteiger partial charge in [0.25, 0.3) is 0 Å². The Morgan fingerprint density at radius 3 is 2.43 bits per heavy atom. The molecule has 338 valence electrons. The molecule has 18 heteroatoms. The summed E-state index contributed by atoms with van der Waals surface area (Å²) in [6.45, 7) is 13.0. The summed E-state index contributed by atoms with van der Waals surface area (Å²) >= 11 is 1.43. The van der Waals surface area contributed by atoms with Crippen LogP contribution in [-0.2, 0) is 25.1 Å². The van der Waals surface area contributed by atoms with Crippen molar-refractivity contribution >= 4 is 52.6 Å². The predicted octanol–water partition coefficient (Wildman–Crippen LogP) is 8.39. The molecule has 2 aromatic heterocycles. The first-order valence-corrected chi connectivity index (χ1v) is 23.9. The smallest absolute Gasteiger partial charge is 0.408 e. The summed E-state index contributed by atoms with van der Waals surface area (Å²) in [6, 6.07) is 7.94. The van der Waals surface area contributed by atoms with Gasteiger partial charge in [0.1, 0.15) is 58.4 Å². The minimum Gasteiger partial charge on any atom is -0.497 e. The minimum atomic E-state index is -4.61. The van der Waals surface area contributed by atoms with Crippen LogP contribution >= 0.6 is 18.7 Å². The van der Waals surface area contributed by atoms with Gasteiger partial charge in [-0.2, -0.15) is 0 Å². The number of nitrogens with zero attached hydrogens (tertiary/aromatic N) is 3. The summed E-state index contributed by atoms with van der Waals surface area (Å²) in [6.07, 6.45) is 1.90. The molecular formula is C45H55F2N6O8PS. The van der Waals surface area contributed by atoms with E-state index in [0.717, 1.165) is 43.9 Å². The highest BCUT2D eigenvalue weighted by atomic mass is 32.1. The Hall–Kier alpha value is -5.12. The molecule has 3 aliphatic rings. The number of rotatable bonds is 15. The normalized spacial score (nSPS) is 22.6. The van der Waals surface area contributed by atoms with Gasteiger partial charge in [-0.25, -0.2) is 23.5 Å². The van der Waals surface area contributed by atoms with E-state index >= 15 is 0 Å². The van der Waals surface area contributed by atoms with Crippen LogP contribution in [0.5, 0.6) is 11.5 Å². The summed E-state index contributed by atoms with van der Waals surface area (Å²) in [7, 11) is -3.06. The standard InChI is InChI=1S/C45H55F2N6O8PS/c1-8-26-21-45(26,62(57,58)23-31-32(46)14-11-15-33(31)47)52-40(54)37-19-29(22-53(37)41(55)39(44(4,5)6)51-43(56)61-27-12-9-10-13-27)60-38-20-35(36-24-63-42(50-36)48-25(2)3)49-34-18-28(59-7)16-17-30(34)38/h8,11,14-18,20,24-27,29,37,39H,1,9-10,12-13,19,21-23H2,2-7H3,(H,48,50)(H,51,56)(H,52,54)(H,57,58)/t26-,29-,37+,39-,45+/m1/s1. The highest BCUT2D eigenvalue weighted by Gasteiger charge is 2.66. The van der Waals surface area contributed by atoms with Crippen LogP contribution in [0.25, 0.3) is 22.3 Å². The third-order valence-corrected chi connectivity index (χ3v) is 15.3. The van der Waals surface area contributed by atoms with Crippen LogP contribution in [0.1, 0.15) is 78.7 Å². The third kappa shape index (κ3) is 9.85. The van der Waals surface area contributed by atoms with Crippen LogP contribution in [-0.4, -0.2) is 86.9 Å². The number of ether oxygens (including phenoxy) is 3. The van der Waals surface area contributed by atoms with Gasteiger partial charge in [0.15, 0.2) is 5.13 Å². The van der Waals surface area contributed by atoms with Crippen molar-refractivity contribution in [3.05, 3.63) is 77.7 Å². The van der Waals surface area contributed by atoms with E-state index in [1.807, 2.05) is 19.2 Å². The van der Waals surface area contributed by atoms with Gasteiger partial charge in [-0.3, -0.25) is 14.2 Å². The number of fused-ring (bicyclic) bond motifs is 1. The lowest BCUT2D eigenvalue weighted by atomic mass is 9.85. The lowest BCUT2D eigenvalue weighted by Crippen LogP contribution is -2.58. The molecule has 2 saturated carbocycles. The number of methoxy groups -OCH3 is 1. The molecule has 4 N–H and O–H groups in total. The van der Waals surface area contributed by atoms with Gasteiger partial charge in [0, 0.05) is 46.8 Å². The second-order valence-electron chi connectivity index (χ2n) is 18.0. The van der Waals surface area contributed by atoms with Crippen LogP contribution in [0.15, 0.2) is 60.5 Å². The summed E-state index contributed by atoms with van der Waals surface area (Å²) in [5, 5.41) is 10.2. The molecule has 7 rings (SSSR count). The number of carbonyl (C=O) groups excluding carboxylic acids is 3. The Labute approximate surface area is 369 Å². The SMILES string of the molecule is C=C[C@@H]1C[C@]1(NC(=O)[C@@H]1C[C@@H](Oc2cc(-c3csc(NC(C)C)n3)nc3cc(OC)ccc23)CN1C(=O)[C@@H](NC(=O)OC1CCCC1)C(C)(C)C)P(=O)(O)Cc1c(F)cccc1F. The van der Waals surface area contributed by atoms with Gasteiger partial charge in [0.2, 0.25) is 19.2 Å². The summed E-state index contributed by atoms with van der Waals surface area (Å²) in [5.74, 6) is -3.11. The van der Waals surface area contributed by atoms with Crippen molar-refractivity contribution in [3.63, 3.8) is 0 Å². The number of nitrogens with one attached hydrogen (secondary N) is 3. The van der Waals surface area contributed by atoms with Gasteiger partial charge in [-0.15, -0.1) is 17.9 Å². The molecule has 0 bridgehead atoms. The number of alkyl carbamates (subject to hydrolysis) is 1. The second-order valence-corrected chi connectivity index (χ2v) is 21.4. The van der Waals surface area contributed by atoms with Crippen LogP contribution in [0.4, 0.5) is 18.7 Å². The van der Waals surface area contributed by atoms with Crippen molar-refractivity contribution in [1.82, 2.24) is 25.5 Å². The van der Waals surface area contributed by atoms with E-state index in [-0.39, 0.29) is 31.5 Å². The number of thiazole rings is 1. The van der Waals surface area contributed by atoms with Crippen molar-refractivity contribution in [2.24, 2.45) is 11.3 Å². The molecule has 3 amide bonds. The molecule has 4 aromatic rings. The molecule has 14 nitrogen and oxygen atoms in total. The fourth-order valence-corrected chi connectivity index (χ4v) is 11.7. The third-order valence-electron chi connectivity index (χ3n) is 11.9. The van der Waals surface area contributed by atoms with Crippen LogP contribution in [0.3, 0.4) is 0 Å². The van der Waals surface area contributed by atoms with E-state index < -0.39 is 83.4 Å². The maximum atomic E-state index is 14.9. The molecule has 1 unspecified atom stereocenters. The summed E-state index contributed by atoms with van der Waals surface area (Å²) < 4.78 is 61.8. The lowest BCUT2D eigenvalue weighted by molar-refractivity contribution is -0.142. The number of aromatic nitrogens is 2. The quantitative estimate of drug-likeness (QED) is 0.0665. The zero-order valence-corrected chi connectivity index (χ0v) is 38.0. The topological polar surface area (TPSA) is 181 Å². The molecule has 1 saturated heterocycles. The van der Waals surface area contributed by atoms with Gasteiger partial charge in [0.05, 0.1) is 31.0 Å². The number of halogens is 2. The number of hydrogen-bond donors (Lipinski definition) is 4. The Balaban J connectivity index is 1.23. The van der Waals surface area contributed by atoms with E-state index in [1.165, 1.54) is 22.3 Å². The molecule has 63 heavy (non-hydrogen) atoms. The van der Waals surface area contributed by atoms with E-state index in [4.69, 9.17) is 24.2 Å². The first-order chi connectivity index (χ1) is 29.8. The Morgan fingerprint density at radius 2 is 1.79 bits per heavy atom. The van der Waals surface area contributed by atoms with E-state index in [2.05, 4.69) is 22.5 Å². The van der Waals surface area contributed by atoms with Crippen LogP contribution < -0.4 is 25.4 Å². The monoisotopic (exact) mass is 908 g/mol. The number of likely N-dealkylation sites (tertiary alicyclic amines) is 1. The largest absolute Gasteiger partial charge is 0.497 e. The Bertz CT molecular complexity index is 2420. The summed E-state index contributed by atoms with van der Waals surface area (Å²) in [4.78, 5) is 65.4. The lowest BCUT2D eigenvalue weighted by Gasteiger charge is -2.36. The van der Waals surface area contributed by atoms with E-state index in [0.29, 0.717) is 38.9 Å². The molecular weight excluding hydrogens is 854 g/mol. The van der Waals surface area contributed by atoms with Crippen LogP contribution in [0.2, 0.25) is 0 Å². The van der Waals surface area contributed by atoms with Gasteiger partial charge >= 0.3 is 6.09 Å². The number of carbonyl (C=O) groups is 3. The minimum absolute atomic E-state index is 0.0217. The van der Waals surface area contributed by atoms with E-state index in [1.54, 1.807) is 52.1 Å². The van der Waals surface area contributed by atoms with Crippen molar-refractivity contribution < 1.29 is 46.8 Å². The molecule has 2 aromatic carbocycles. The average Bonchev–Trinajstić information content (AvgIpc) is 3.62. The zero-order chi connectivity index (χ0) is 45.4. The molecule has 2 aliphatic carbocycles. The van der Waals surface area contributed by atoms with Gasteiger partial charge in [-0.1, -0.05) is 32.9 Å². The van der Waals surface area contributed by atoms with Crippen LogP contribution in [0, 0.1) is 23.0 Å². The van der Waals surface area contributed by atoms with Crippen molar-refractivity contribution in [2.45, 2.75) is 115 Å². The maximum absolute atomic E-state index is 14.9. The molecule has 0 radical (unpaired) electrons. The fraction of sp³-hybridized carbons (Fsp3) is 0.489. The van der Waals surface area contributed by atoms with Gasteiger partial charge < -0.3 is 40.0 Å². The van der Waals surface area contributed by atoms with Crippen molar-refractivity contribution in [1.29, 1.82) is 0 Å². The van der Waals surface area contributed by atoms with Gasteiger partial charge in [-0.05, 0) is 75.6 Å². The number of pyridine rings is 1. The van der Waals surface area contributed by atoms with Crippen molar-refractivity contribution in [2.75, 3.05) is 19.0 Å². The number of benzene rings is 2. The average molecular weight is 909 g/mol. The van der Waals surface area contributed by atoms with Crippen molar-refractivity contribution in [3.8, 4) is 22.9 Å². The molecule has 3 fully saturated rings. The number of anilines is 1. The second kappa shape index (κ2) is 18.2. The first kappa shape index (κ1) is 45.9. The fourth-order valence-electron chi connectivity index (χ4n) is 8.44. The van der Waals surface area contributed by atoms with E-state index in [9.17, 15) is 32.6 Å².